The van der Waals surface area contributed by atoms with Crippen molar-refractivity contribution < 1.29 is 9.53 Å². The molecule has 4 nitrogen and oxygen atoms in total. The number of anilines is 1. The van der Waals surface area contributed by atoms with Crippen molar-refractivity contribution in [3.05, 3.63) is 88.0 Å². The number of ether oxygens (including phenoxy) is 1. The number of rotatable bonds is 5. The summed E-state index contributed by atoms with van der Waals surface area (Å²) in [5, 5.41) is 1.39. The molecule has 0 saturated heterocycles. The van der Waals surface area contributed by atoms with Crippen LogP contribution in [-0.4, -0.2) is 18.0 Å². The molecule has 0 unspecified atom stereocenters. The molecule has 29 heavy (non-hydrogen) atoms. The lowest BCUT2D eigenvalue weighted by atomic mass is 10.1. The van der Waals surface area contributed by atoms with Crippen molar-refractivity contribution in [1.82, 2.24) is 4.98 Å². The summed E-state index contributed by atoms with van der Waals surface area (Å²) in [6, 6.07) is 17.3. The van der Waals surface area contributed by atoms with Gasteiger partial charge in [-0.2, -0.15) is 0 Å². The van der Waals surface area contributed by atoms with E-state index in [0.717, 1.165) is 26.9 Å². The lowest BCUT2D eigenvalue weighted by Crippen LogP contribution is -2.30. The largest absolute Gasteiger partial charge is 0.497 e. The number of nitrogens with zero attached hydrogens (tertiary/aromatic N) is 2. The first-order valence-electron chi connectivity index (χ1n) is 9.11. The fraction of sp³-hybridized carbons (Fsp3) is 0.130. The third-order valence-corrected chi connectivity index (χ3v) is 6.41. The number of amides is 1. The lowest BCUT2D eigenvalue weighted by molar-refractivity contribution is 0.0989. The average Bonchev–Trinajstić information content (AvgIpc) is 3.10. The van der Waals surface area contributed by atoms with E-state index in [1.807, 2.05) is 61.5 Å². The summed E-state index contributed by atoms with van der Waals surface area (Å²) in [6.07, 6.45) is 3.48. The van der Waals surface area contributed by atoms with Crippen LogP contribution >= 0.6 is 22.9 Å². The average molecular weight is 423 g/mol. The van der Waals surface area contributed by atoms with Gasteiger partial charge in [-0.1, -0.05) is 41.9 Å². The fourth-order valence-corrected chi connectivity index (χ4v) is 4.68. The molecule has 1 amide bonds. The minimum Gasteiger partial charge on any atom is -0.497 e. The van der Waals surface area contributed by atoms with Gasteiger partial charge in [-0.3, -0.25) is 9.78 Å². The number of benzene rings is 2. The van der Waals surface area contributed by atoms with E-state index in [9.17, 15) is 4.79 Å². The summed E-state index contributed by atoms with van der Waals surface area (Å²) in [4.78, 5) is 20.1. The summed E-state index contributed by atoms with van der Waals surface area (Å²) in [7, 11) is 1.62. The maximum absolute atomic E-state index is 13.7. The molecule has 0 bridgehead atoms. The van der Waals surface area contributed by atoms with Crippen molar-refractivity contribution in [3.8, 4) is 5.75 Å². The van der Waals surface area contributed by atoms with Crippen LogP contribution in [0.2, 0.25) is 5.02 Å². The highest BCUT2D eigenvalue weighted by Crippen LogP contribution is 2.37. The van der Waals surface area contributed by atoms with E-state index in [1.165, 1.54) is 11.3 Å². The number of halogens is 1. The standard InChI is InChI=1S/C23H19ClN2O2S/c1-15-9-10-17(28-2)12-19(15)26(14-16-6-5-11-25-13-16)23(27)22-21(24)18-7-3-4-8-20(18)29-22/h3-13H,14H2,1-2H3. The number of carbonyl (C=O) groups is 1. The molecule has 0 aliphatic rings. The summed E-state index contributed by atoms with van der Waals surface area (Å²) in [5.74, 6) is 0.549. The van der Waals surface area contributed by atoms with Crippen molar-refractivity contribution in [3.63, 3.8) is 0 Å². The maximum atomic E-state index is 13.7. The highest BCUT2D eigenvalue weighted by Gasteiger charge is 2.25. The van der Waals surface area contributed by atoms with Gasteiger partial charge in [-0.05, 0) is 36.2 Å². The second-order valence-electron chi connectivity index (χ2n) is 6.65. The van der Waals surface area contributed by atoms with Crippen molar-refractivity contribution in [2.45, 2.75) is 13.5 Å². The maximum Gasteiger partial charge on any atom is 0.270 e. The van der Waals surface area contributed by atoms with E-state index >= 15 is 0 Å². The SMILES string of the molecule is COc1ccc(C)c(N(Cc2cccnc2)C(=O)c2sc3ccccc3c2Cl)c1. The van der Waals surface area contributed by atoms with E-state index in [1.54, 1.807) is 24.4 Å². The summed E-state index contributed by atoms with van der Waals surface area (Å²) in [5.41, 5.74) is 2.69. The van der Waals surface area contributed by atoms with Crippen LogP contribution in [0.3, 0.4) is 0 Å². The first-order valence-corrected chi connectivity index (χ1v) is 10.3. The Balaban J connectivity index is 1.83. The highest BCUT2D eigenvalue weighted by molar-refractivity contribution is 7.21. The van der Waals surface area contributed by atoms with E-state index < -0.39 is 0 Å². The number of thiophene rings is 1. The zero-order chi connectivity index (χ0) is 20.4. The van der Waals surface area contributed by atoms with E-state index in [4.69, 9.17) is 16.3 Å². The molecule has 0 radical (unpaired) electrons. The van der Waals surface area contributed by atoms with Gasteiger partial charge in [0, 0.05) is 28.5 Å². The van der Waals surface area contributed by atoms with Gasteiger partial charge in [0.15, 0.2) is 0 Å². The van der Waals surface area contributed by atoms with Gasteiger partial charge in [0.2, 0.25) is 0 Å². The van der Waals surface area contributed by atoms with Crippen LogP contribution in [0.15, 0.2) is 67.0 Å². The molecular formula is C23H19ClN2O2S. The minimum absolute atomic E-state index is 0.142. The normalized spacial score (nSPS) is 10.9. The first-order chi connectivity index (χ1) is 14.1. The molecule has 0 saturated carbocycles. The summed E-state index contributed by atoms with van der Waals surface area (Å²) >= 11 is 8.02. The molecular weight excluding hydrogens is 404 g/mol. The predicted octanol–water partition coefficient (Wildman–Crippen LogP) is 6.11. The number of aryl methyl sites for hydroxylation is 1. The number of hydrogen-bond donors (Lipinski definition) is 0. The van der Waals surface area contributed by atoms with Crippen LogP contribution < -0.4 is 9.64 Å². The van der Waals surface area contributed by atoms with Crippen molar-refractivity contribution in [2.24, 2.45) is 0 Å². The molecule has 0 aliphatic heterocycles. The Morgan fingerprint density at radius 1 is 1.17 bits per heavy atom. The second kappa shape index (κ2) is 8.23. The van der Waals surface area contributed by atoms with Crippen LogP contribution in [-0.2, 0) is 6.54 Å². The molecule has 4 rings (SSSR count). The Morgan fingerprint density at radius 3 is 2.72 bits per heavy atom. The van der Waals surface area contributed by atoms with Crippen molar-refractivity contribution in [1.29, 1.82) is 0 Å². The molecule has 2 aromatic carbocycles. The number of aromatic nitrogens is 1. The molecule has 0 atom stereocenters. The molecule has 2 heterocycles. The predicted molar refractivity (Wildman–Crippen MR) is 119 cm³/mol. The molecule has 4 aromatic rings. The van der Waals surface area contributed by atoms with Gasteiger partial charge in [-0.25, -0.2) is 0 Å². The van der Waals surface area contributed by atoms with Crippen LogP contribution in [0.1, 0.15) is 20.8 Å². The van der Waals surface area contributed by atoms with Gasteiger partial charge in [0.25, 0.3) is 5.91 Å². The first kappa shape index (κ1) is 19.4. The molecule has 0 aliphatic carbocycles. The van der Waals surface area contributed by atoms with Crippen molar-refractivity contribution >= 4 is 44.6 Å². The summed E-state index contributed by atoms with van der Waals surface area (Å²) in [6.45, 7) is 2.36. The van der Waals surface area contributed by atoms with E-state index in [2.05, 4.69) is 4.98 Å². The quantitative estimate of drug-likeness (QED) is 0.389. The Bertz CT molecular complexity index is 1170. The van der Waals surface area contributed by atoms with Crippen LogP contribution in [0.5, 0.6) is 5.75 Å². The molecule has 0 fully saturated rings. The van der Waals surface area contributed by atoms with Crippen LogP contribution in [0, 0.1) is 6.92 Å². The summed E-state index contributed by atoms with van der Waals surface area (Å²) < 4.78 is 6.38. The fourth-order valence-electron chi connectivity index (χ4n) is 3.22. The van der Waals surface area contributed by atoms with Crippen LogP contribution in [0.4, 0.5) is 5.69 Å². The zero-order valence-electron chi connectivity index (χ0n) is 16.1. The monoisotopic (exact) mass is 422 g/mol. The number of fused-ring (bicyclic) bond motifs is 1. The zero-order valence-corrected chi connectivity index (χ0v) is 17.6. The number of pyridine rings is 1. The highest BCUT2D eigenvalue weighted by atomic mass is 35.5. The van der Waals surface area contributed by atoms with Crippen molar-refractivity contribution in [2.75, 3.05) is 12.0 Å². The van der Waals surface area contributed by atoms with E-state index in [-0.39, 0.29) is 5.91 Å². The minimum atomic E-state index is -0.142. The Hall–Kier alpha value is -2.89. The van der Waals surface area contributed by atoms with Gasteiger partial charge in [0.05, 0.1) is 24.4 Å². The number of carbonyl (C=O) groups excluding carboxylic acids is 1. The number of hydrogen-bond acceptors (Lipinski definition) is 4. The molecule has 6 heteroatoms. The lowest BCUT2D eigenvalue weighted by Gasteiger charge is -2.25. The Morgan fingerprint density at radius 2 is 2.00 bits per heavy atom. The topological polar surface area (TPSA) is 42.4 Å². The molecule has 0 spiro atoms. The van der Waals surface area contributed by atoms with Gasteiger partial charge < -0.3 is 9.64 Å². The molecule has 146 valence electrons. The van der Waals surface area contributed by atoms with Gasteiger partial charge >= 0.3 is 0 Å². The third kappa shape index (κ3) is 3.84. The third-order valence-electron chi connectivity index (χ3n) is 4.74. The smallest absolute Gasteiger partial charge is 0.270 e. The Kier molecular flexibility index (Phi) is 5.51. The van der Waals surface area contributed by atoms with E-state index in [0.29, 0.717) is 22.2 Å². The second-order valence-corrected chi connectivity index (χ2v) is 8.08. The molecule has 2 aromatic heterocycles. The Labute approximate surface area is 178 Å². The number of methoxy groups -OCH3 is 1. The van der Waals surface area contributed by atoms with Crippen LogP contribution in [0.25, 0.3) is 10.1 Å². The van der Waals surface area contributed by atoms with Gasteiger partial charge in [-0.15, -0.1) is 11.3 Å². The van der Waals surface area contributed by atoms with Gasteiger partial charge in [0.1, 0.15) is 10.6 Å². The molecule has 0 N–H and O–H groups in total.